The highest BCUT2D eigenvalue weighted by Crippen LogP contribution is 2.47. The van der Waals surface area contributed by atoms with Crippen LogP contribution in [-0.4, -0.2) is 98.3 Å². The van der Waals surface area contributed by atoms with Crippen molar-refractivity contribution in [2.75, 3.05) is 13.2 Å². The number of carbonyl (C=O) groups is 2. The lowest BCUT2D eigenvalue weighted by Crippen LogP contribution is -2.64. The summed E-state index contributed by atoms with van der Waals surface area (Å²) >= 11 is 0. The molecule has 1 aliphatic carbocycles. The van der Waals surface area contributed by atoms with E-state index in [-0.39, 0.29) is 12.8 Å². The second kappa shape index (κ2) is 39.9. The molecule has 1 aliphatic rings. The summed E-state index contributed by atoms with van der Waals surface area (Å²) < 4.78 is 33.5. The van der Waals surface area contributed by atoms with E-state index in [0.29, 0.717) is 12.8 Å². The molecule has 0 bridgehead atoms. The molecule has 65 heavy (non-hydrogen) atoms. The van der Waals surface area contributed by atoms with Crippen LogP contribution in [0.5, 0.6) is 0 Å². The van der Waals surface area contributed by atoms with Crippen LogP contribution in [-0.2, 0) is 32.7 Å². The van der Waals surface area contributed by atoms with Crippen LogP contribution in [0.15, 0.2) is 97.2 Å². The number of phosphoric acid groups is 1. The average molecular weight is 935 g/mol. The van der Waals surface area contributed by atoms with E-state index < -0.39 is 75.7 Å². The molecule has 6 atom stereocenters. The van der Waals surface area contributed by atoms with Crippen molar-refractivity contribution in [3.05, 3.63) is 97.2 Å². The monoisotopic (exact) mass is 935 g/mol. The van der Waals surface area contributed by atoms with Gasteiger partial charge in [-0.2, -0.15) is 0 Å². The Hall–Kier alpha value is -3.23. The number of esters is 2. The molecule has 1 saturated carbocycles. The highest BCUT2D eigenvalue weighted by molar-refractivity contribution is 7.47. The Morgan fingerprint density at radius 1 is 0.477 bits per heavy atom. The molecule has 0 amide bonds. The normalized spacial score (nSPS) is 22.3. The largest absolute Gasteiger partial charge is 0.472 e. The first-order valence-electron chi connectivity index (χ1n) is 24.0. The SMILES string of the molecule is CC/C=C\C/C=C\C/C=C\C/C=C\CCCCCCCCCCC(=O)OC(COC(=O)CCCC/C=C\C/C=C\C/C=C\C/C=C\CC)COP(=O)(O)OC1C(O)C(O)C(O)C(O)C1O. The van der Waals surface area contributed by atoms with Gasteiger partial charge in [-0.1, -0.05) is 150 Å². The molecule has 1 fully saturated rings. The van der Waals surface area contributed by atoms with Gasteiger partial charge in [0.1, 0.15) is 43.2 Å². The molecule has 0 spiro atoms. The van der Waals surface area contributed by atoms with E-state index in [9.17, 15) is 44.6 Å². The lowest BCUT2D eigenvalue weighted by Gasteiger charge is -2.41. The quantitative estimate of drug-likeness (QED) is 0.0148. The summed E-state index contributed by atoms with van der Waals surface area (Å²) in [6.07, 6.45) is 40.3. The van der Waals surface area contributed by atoms with Crippen LogP contribution in [0.3, 0.4) is 0 Å². The van der Waals surface area contributed by atoms with Crippen LogP contribution in [0.2, 0.25) is 0 Å². The van der Waals surface area contributed by atoms with Gasteiger partial charge in [0, 0.05) is 12.8 Å². The third-order valence-electron chi connectivity index (χ3n) is 10.4. The van der Waals surface area contributed by atoms with Crippen LogP contribution in [0.25, 0.3) is 0 Å². The van der Waals surface area contributed by atoms with Crippen LogP contribution < -0.4 is 0 Å². The second-order valence-electron chi connectivity index (χ2n) is 16.2. The number of aliphatic hydroxyl groups excluding tert-OH is 5. The van der Waals surface area contributed by atoms with Crippen molar-refractivity contribution in [1.29, 1.82) is 0 Å². The first-order valence-corrected chi connectivity index (χ1v) is 25.5. The highest BCUT2D eigenvalue weighted by Gasteiger charge is 2.51. The van der Waals surface area contributed by atoms with E-state index in [4.69, 9.17) is 18.5 Å². The van der Waals surface area contributed by atoms with Crippen molar-refractivity contribution in [1.82, 2.24) is 0 Å². The molecular weight excluding hydrogens is 852 g/mol. The number of aliphatic hydroxyl groups is 5. The number of allylic oxidation sites excluding steroid dienone is 16. The van der Waals surface area contributed by atoms with E-state index >= 15 is 0 Å². The fraction of sp³-hybridized carbons (Fsp3) is 0.647. The Morgan fingerprint density at radius 2 is 0.831 bits per heavy atom. The second-order valence-corrected chi connectivity index (χ2v) is 17.6. The molecule has 0 aromatic carbocycles. The van der Waals surface area contributed by atoms with Crippen molar-refractivity contribution >= 4 is 19.8 Å². The Balaban J connectivity index is 2.46. The Bertz CT molecular complexity index is 1500. The summed E-state index contributed by atoms with van der Waals surface area (Å²) in [6, 6.07) is 0. The van der Waals surface area contributed by atoms with E-state index in [1.54, 1.807) is 0 Å². The van der Waals surface area contributed by atoms with E-state index in [1.165, 1.54) is 6.42 Å². The zero-order chi connectivity index (χ0) is 47.8. The van der Waals surface area contributed by atoms with Gasteiger partial charge in [0.2, 0.25) is 0 Å². The van der Waals surface area contributed by atoms with Gasteiger partial charge in [-0.3, -0.25) is 18.6 Å². The van der Waals surface area contributed by atoms with Crippen molar-refractivity contribution in [3.63, 3.8) is 0 Å². The van der Waals surface area contributed by atoms with Gasteiger partial charge in [-0.05, 0) is 89.9 Å². The van der Waals surface area contributed by atoms with Crippen LogP contribution in [0.1, 0.15) is 155 Å². The van der Waals surface area contributed by atoms with Crippen LogP contribution in [0.4, 0.5) is 0 Å². The standard InChI is InChI=1S/C51H83O13P/c1-3-5-7-9-11-13-15-17-19-20-21-22-23-24-26-28-30-32-34-36-38-40-45(53)63-43(42-62-65(59,60)64-51-49(57)47(55)46(54)48(56)50(51)58)41-61-44(52)39-37-35-33-31-29-27-25-18-16-14-12-10-8-6-4-2/h5-8,11-14,17-19,21-22,25,29,31,43,46-51,54-58H,3-4,9-10,15-16,20,23-24,26-28,30,32-42H2,1-2H3,(H,59,60)/b7-5-,8-6-,13-11-,14-12-,19-17-,22-21-,25-18-,31-29-. The lowest BCUT2D eigenvalue weighted by atomic mass is 9.85. The summed E-state index contributed by atoms with van der Waals surface area (Å²) in [5.41, 5.74) is 0. The molecule has 0 saturated heterocycles. The van der Waals surface area contributed by atoms with Crippen LogP contribution >= 0.6 is 7.82 Å². The maximum absolute atomic E-state index is 12.8. The Kier molecular flexibility index (Phi) is 36.7. The third kappa shape index (κ3) is 32.2. The van der Waals surface area contributed by atoms with Crippen LogP contribution in [0, 0.1) is 0 Å². The van der Waals surface area contributed by atoms with E-state index in [2.05, 4.69) is 111 Å². The molecular formula is C51H83O13P. The number of unbranched alkanes of at least 4 members (excludes halogenated alkanes) is 10. The first-order chi connectivity index (χ1) is 31.4. The van der Waals surface area contributed by atoms with Crippen molar-refractivity contribution < 1.29 is 63.1 Å². The Labute approximate surface area is 390 Å². The smallest absolute Gasteiger partial charge is 0.462 e. The van der Waals surface area contributed by atoms with Gasteiger partial charge in [0.05, 0.1) is 6.61 Å². The summed E-state index contributed by atoms with van der Waals surface area (Å²) in [5.74, 6) is -1.17. The van der Waals surface area contributed by atoms with E-state index in [1.807, 2.05) is 0 Å². The minimum absolute atomic E-state index is 0.0719. The van der Waals surface area contributed by atoms with Crippen molar-refractivity contribution in [2.24, 2.45) is 0 Å². The fourth-order valence-corrected chi connectivity index (χ4v) is 7.59. The number of ether oxygens (including phenoxy) is 2. The fourth-order valence-electron chi connectivity index (χ4n) is 6.62. The minimum Gasteiger partial charge on any atom is -0.462 e. The molecule has 0 aromatic heterocycles. The zero-order valence-electron chi connectivity index (χ0n) is 39.2. The van der Waals surface area contributed by atoms with Gasteiger partial charge >= 0.3 is 19.8 Å². The number of hydrogen-bond acceptors (Lipinski definition) is 12. The molecule has 0 aliphatic heterocycles. The maximum Gasteiger partial charge on any atom is 0.472 e. The molecule has 0 heterocycles. The number of rotatable bonds is 38. The topological polar surface area (TPSA) is 210 Å². The lowest BCUT2D eigenvalue weighted by molar-refractivity contribution is -0.220. The Morgan fingerprint density at radius 3 is 1.29 bits per heavy atom. The average Bonchev–Trinajstić information content (AvgIpc) is 3.29. The van der Waals surface area contributed by atoms with Gasteiger partial charge in [0.15, 0.2) is 6.10 Å². The molecule has 6 unspecified atom stereocenters. The molecule has 6 N–H and O–H groups in total. The number of hydrogen-bond donors (Lipinski definition) is 6. The van der Waals surface area contributed by atoms with E-state index in [0.717, 1.165) is 109 Å². The van der Waals surface area contributed by atoms with Gasteiger partial charge < -0.3 is 39.9 Å². The first kappa shape index (κ1) is 59.8. The van der Waals surface area contributed by atoms with Gasteiger partial charge in [-0.15, -0.1) is 0 Å². The molecule has 370 valence electrons. The molecule has 0 aromatic rings. The van der Waals surface area contributed by atoms with Crippen molar-refractivity contribution in [3.8, 4) is 0 Å². The highest BCUT2D eigenvalue weighted by atomic mass is 31.2. The van der Waals surface area contributed by atoms with Crippen molar-refractivity contribution in [2.45, 2.75) is 198 Å². The predicted molar refractivity (Wildman–Crippen MR) is 258 cm³/mol. The summed E-state index contributed by atoms with van der Waals surface area (Å²) in [4.78, 5) is 35.8. The third-order valence-corrected chi connectivity index (χ3v) is 11.4. The number of carbonyl (C=O) groups excluding carboxylic acids is 2. The van der Waals surface area contributed by atoms with Gasteiger partial charge in [-0.25, -0.2) is 4.57 Å². The maximum atomic E-state index is 12.8. The molecule has 1 rings (SSSR count). The molecule has 14 heteroatoms. The minimum atomic E-state index is -5.14. The number of phosphoric ester groups is 1. The zero-order valence-corrected chi connectivity index (χ0v) is 40.1. The summed E-state index contributed by atoms with van der Waals surface area (Å²) in [6.45, 7) is 3.02. The van der Waals surface area contributed by atoms with Gasteiger partial charge in [0.25, 0.3) is 0 Å². The predicted octanol–water partition coefficient (Wildman–Crippen LogP) is 9.83. The molecule has 0 radical (unpaired) electrons. The molecule has 13 nitrogen and oxygen atoms in total. The summed E-state index contributed by atoms with van der Waals surface area (Å²) in [7, 11) is -5.14. The summed E-state index contributed by atoms with van der Waals surface area (Å²) in [5, 5.41) is 50.2.